The van der Waals surface area contributed by atoms with Gasteiger partial charge < -0.3 is 4.74 Å². The molecule has 0 aromatic carbocycles. The van der Waals surface area contributed by atoms with Gasteiger partial charge in [-0.1, -0.05) is 0 Å². The van der Waals surface area contributed by atoms with Crippen LogP contribution >= 0.6 is 11.8 Å². The summed E-state index contributed by atoms with van der Waals surface area (Å²) in [5, 5.41) is 8.38. The summed E-state index contributed by atoms with van der Waals surface area (Å²) < 4.78 is 6.66. The van der Waals surface area contributed by atoms with Gasteiger partial charge in [0.15, 0.2) is 5.65 Å². The maximum absolute atomic E-state index is 11.7. The minimum atomic E-state index is -0.375. The number of aromatic nitrogens is 3. The monoisotopic (exact) mass is 263 g/mol. The van der Waals surface area contributed by atoms with Gasteiger partial charge in [-0.25, -0.2) is 4.79 Å². The molecule has 3 heterocycles. The van der Waals surface area contributed by atoms with E-state index in [1.54, 1.807) is 6.07 Å². The van der Waals surface area contributed by atoms with Crippen molar-refractivity contribution < 1.29 is 9.53 Å². The fourth-order valence-corrected chi connectivity index (χ4v) is 3.44. The highest BCUT2D eigenvalue weighted by atomic mass is 32.2. The third-order valence-electron chi connectivity index (χ3n) is 3.16. The number of rotatable bonds is 2. The van der Waals surface area contributed by atoms with E-state index in [4.69, 9.17) is 4.74 Å². The number of esters is 1. The molecule has 1 saturated heterocycles. The number of fused-ring (bicyclic) bond motifs is 1. The van der Waals surface area contributed by atoms with Crippen molar-refractivity contribution in [2.24, 2.45) is 0 Å². The molecule has 18 heavy (non-hydrogen) atoms. The highest BCUT2D eigenvalue weighted by Crippen LogP contribution is 2.31. The molecule has 5 nitrogen and oxygen atoms in total. The number of carbonyl (C=O) groups is 1. The molecule has 0 radical (unpaired) electrons. The van der Waals surface area contributed by atoms with Crippen LogP contribution in [0.3, 0.4) is 0 Å². The van der Waals surface area contributed by atoms with Crippen LogP contribution in [0.4, 0.5) is 0 Å². The number of hydrogen-bond donors (Lipinski definition) is 0. The van der Waals surface area contributed by atoms with E-state index in [9.17, 15) is 4.79 Å². The van der Waals surface area contributed by atoms with E-state index in [-0.39, 0.29) is 5.97 Å². The lowest BCUT2D eigenvalue weighted by atomic mass is 10.1. The van der Waals surface area contributed by atoms with Crippen molar-refractivity contribution in [1.82, 2.24) is 14.6 Å². The topological polar surface area (TPSA) is 56.5 Å². The van der Waals surface area contributed by atoms with Gasteiger partial charge in [0.05, 0.1) is 7.11 Å². The van der Waals surface area contributed by atoms with Gasteiger partial charge in [-0.05, 0) is 24.3 Å². The molecule has 1 aliphatic rings. The number of thioether (sulfide) groups is 1. The van der Waals surface area contributed by atoms with Gasteiger partial charge in [0.25, 0.3) is 0 Å². The fraction of sp³-hybridized carbons (Fsp3) is 0.417. The van der Waals surface area contributed by atoms with Gasteiger partial charge in [0.2, 0.25) is 0 Å². The summed E-state index contributed by atoms with van der Waals surface area (Å²) in [5.41, 5.74) is 1.04. The summed E-state index contributed by atoms with van der Waals surface area (Å²) in [6, 6.07) is 3.54. The average Bonchev–Trinajstić information content (AvgIpc) is 3.05. The van der Waals surface area contributed by atoms with Crippen LogP contribution in [0.1, 0.15) is 28.5 Å². The second kappa shape index (κ2) is 4.61. The van der Waals surface area contributed by atoms with Crippen LogP contribution < -0.4 is 0 Å². The predicted molar refractivity (Wildman–Crippen MR) is 69.0 cm³/mol. The van der Waals surface area contributed by atoms with Gasteiger partial charge >= 0.3 is 5.97 Å². The zero-order chi connectivity index (χ0) is 12.5. The lowest BCUT2D eigenvalue weighted by Gasteiger charge is -2.06. The summed E-state index contributed by atoms with van der Waals surface area (Å²) in [6.07, 6.45) is 3.02. The summed E-state index contributed by atoms with van der Waals surface area (Å²) in [5.74, 6) is 3.23. The minimum absolute atomic E-state index is 0.375. The molecule has 94 valence electrons. The molecule has 1 fully saturated rings. The lowest BCUT2D eigenvalue weighted by molar-refractivity contribution is 0.0602. The Balaban J connectivity index is 2.11. The van der Waals surface area contributed by atoms with Crippen molar-refractivity contribution in [3.05, 3.63) is 29.7 Å². The van der Waals surface area contributed by atoms with Crippen molar-refractivity contribution in [1.29, 1.82) is 0 Å². The first-order valence-electron chi connectivity index (χ1n) is 5.81. The third kappa shape index (κ3) is 1.77. The Labute approximate surface area is 109 Å². The summed E-state index contributed by atoms with van der Waals surface area (Å²) in [7, 11) is 1.37. The predicted octanol–water partition coefficient (Wildman–Crippen LogP) is 1.74. The van der Waals surface area contributed by atoms with E-state index in [0.717, 1.165) is 23.8 Å². The van der Waals surface area contributed by atoms with Crippen LogP contribution in [-0.4, -0.2) is 39.2 Å². The Kier molecular flexibility index (Phi) is 2.95. The highest BCUT2D eigenvalue weighted by Gasteiger charge is 2.24. The molecule has 6 heteroatoms. The number of nitrogens with zero attached hydrogens (tertiary/aromatic N) is 3. The van der Waals surface area contributed by atoms with E-state index in [2.05, 4.69) is 10.2 Å². The maximum Gasteiger partial charge on any atom is 0.341 e. The van der Waals surface area contributed by atoms with Gasteiger partial charge in [0.1, 0.15) is 11.4 Å². The number of carbonyl (C=O) groups excluding carboxylic acids is 1. The van der Waals surface area contributed by atoms with E-state index < -0.39 is 0 Å². The normalized spacial score (nSPS) is 19.3. The Bertz CT molecular complexity index is 590. The first-order valence-corrected chi connectivity index (χ1v) is 6.96. The molecule has 0 N–H and O–H groups in total. The number of hydrogen-bond acceptors (Lipinski definition) is 5. The quantitative estimate of drug-likeness (QED) is 0.772. The van der Waals surface area contributed by atoms with Crippen LogP contribution in [0.15, 0.2) is 18.3 Å². The van der Waals surface area contributed by atoms with Crippen LogP contribution in [-0.2, 0) is 4.74 Å². The largest absolute Gasteiger partial charge is 0.465 e. The molecular formula is C12H13N3O2S. The minimum Gasteiger partial charge on any atom is -0.465 e. The number of methoxy groups -OCH3 is 1. The second-order valence-corrected chi connectivity index (χ2v) is 5.38. The van der Waals surface area contributed by atoms with Crippen LogP contribution in [0.5, 0.6) is 0 Å². The zero-order valence-corrected chi connectivity index (χ0v) is 10.8. The first-order chi connectivity index (χ1) is 8.81. The highest BCUT2D eigenvalue weighted by molar-refractivity contribution is 7.99. The standard InChI is InChI=1S/C12H13N3O2S/c1-17-12(16)9-3-2-5-15-10(13-14-11(9)15)8-4-6-18-7-8/h2-3,5,8H,4,6-7H2,1H3. The summed E-state index contributed by atoms with van der Waals surface area (Å²) >= 11 is 1.93. The van der Waals surface area contributed by atoms with Crippen molar-refractivity contribution in [3.63, 3.8) is 0 Å². The van der Waals surface area contributed by atoms with E-state index >= 15 is 0 Å². The SMILES string of the molecule is COC(=O)c1cccn2c(C3CCSC3)nnc12. The third-order valence-corrected chi connectivity index (χ3v) is 4.32. The molecule has 1 atom stereocenters. The summed E-state index contributed by atoms with van der Waals surface area (Å²) in [6.45, 7) is 0. The molecule has 2 aromatic rings. The lowest BCUT2D eigenvalue weighted by Crippen LogP contribution is -2.06. The molecule has 1 aliphatic heterocycles. The second-order valence-electron chi connectivity index (χ2n) is 4.23. The Morgan fingerprint density at radius 2 is 2.44 bits per heavy atom. The molecule has 1 unspecified atom stereocenters. The van der Waals surface area contributed by atoms with E-state index in [0.29, 0.717) is 17.1 Å². The van der Waals surface area contributed by atoms with Crippen LogP contribution in [0.25, 0.3) is 5.65 Å². The average molecular weight is 263 g/mol. The smallest absolute Gasteiger partial charge is 0.341 e. The Morgan fingerprint density at radius 3 is 3.17 bits per heavy atom. The molecule has 2 aromatic heterocycles. The number of pyridine rings is 1. The van der Waals surface area contributed by atoms with Gasteiger partial charge in [-0.2, -0.15) is 11.8 Å². The fourth-order valence-electron chi connectivity index (χ4n) is 2.22. The zero-order valence-electron chi connectivity index (χ0n) is 10.00. The molecule has 0 saturated carbocycles. The summed E-state index contributed by atoms with van der Waals surface area (Å²) in [4.78, 5) is 11.7. The van der Waals surface area contributed by atoms with Gasteiger partial charge in [0, 0.05) is 17.9 Å². The van der Waals surface area contributed by atoms with Crippen LogP contribution in [0.2, 0.25) is 0 Å². The van der Waals surface area contributed by atoms with Crippen LogP contribution in [0, 0.1) is 0 Å². The van der Waals surface area contributed by atoms with E-state index in [1.165, 1.54) is 7.11 Å². The van der Waals surface area contributed by atoms with E-state index in [1.807, 2.05) is 28.4 Å². The molecule has 0 bridgehead atoms. The molecule has 0 spiro atoms. The van der Waals surface area contributed by atoms with Crippen molar-refractivity contribution in [3.8, 4) is 0 Å². The van der Waals surface area contributed by atoms with Crippen molar-refractivity contribution >= 4 is 23.4 Å². The maximum atomic E-state index is 11.7. The van der Waals surface area contributed by atoms with Gasteiger partial charge in [-0.3, -0.25) is 4.40 Å². The molecule has 0 aliphatic carbocycles. The Morgan fingerprint density at radius 1 is 1.56 bits per heavy atom. The Hall–Kier alpha value is -1.56. The van der Waals surface area contributed by atoms with Gasteiger partial charge in [-0.15, -0.1) is 10.2 Å². The molecular weight excluding hydrogens is 250 g/mol. The first kappa shape index (κ1) is 11.5. The molecule has 3 rings (SSSR count). The number of ether oxygens (including phenoxy) is 1. The molecule has 0 amide bonds. The van der Waals surface area contributed by atoms with Crippen molar-refractivity contribution in [2.45, 2.75) is 12.3 Å². The van der Waals surface area contributed by atoms with Crippen molar-refractivity contribution in [2.75, 3.05) is 18.6 Å².